The van der Waals surface area contributed by atoms with Crippen molar-refractivity contribution in [3.8, 4) is 6.07 Å². The van der Waals surface area contributed by atoms with Crippen LogP contribution in [-0.4, -0.2) is 6.54 Å². The molecule has 82 valence electrons. The van der Waals surface area contributed by atoms with E-state index in [4.69, 9.17) is 5.26 Å². The molecular formula is C14H16N2. The molecule has 1 aliphatic rings. The van der Waals surface area contributed by atoms with Crippen LogP contribution < -0.4 is 5.32 Å². The SMILES string of the molecule is C=CC[C@@H]1CN[C@@H](c2ccc(C#N)cc2)C1. The predicted octanol–water partition coefficient (Wildman–Crippen LogP) is 2.78. The fourth-order valence-electron chi connectivity index (χ4n) is 2.27. The van der Waals surface area contributed by atoms with Gasteiger partial charge in [0.15, 0.2) is 0 Å². The molecule has 1 heterocycles. The third-order valence-electron chi connectivity index (χ3n) is 3.16. The molecule has 1 N–H and O–H groups in total. The number of nitrogens with zero attached hydrogens (tertiary/aromatic N) is 1. The van der Waals surface area contributed by atoms with Gasteiger partial charge in [0.25, 0.3) is 0 Å². The van der Waals surface area contributed by atoms with Crippen LogP contribution in [0.3, 0.4) is 0 Å². The van der Waals surface area contributed by atoms with Gasteiger partial charge in [0.05, 0.1) is 11.6 Å². The van der Waals surface area contributed by atoms with Gasteiger partial charge in [0.2, 0.25) is 0 Å². The van der Waals surface area contributed by atoms with Crippen LogP contribution in [-0.2, 0) is 0 Å². The first-order chi connectivity index (χ1) is 7.83. The Bertz CT molecular complexity index is 400. The summed E-state index contributed by atoms with van der Waals surface area (Å²) in [5.41, 5.74) is 2.01. The smallest absolute Gasteiger partial charge is 0.0991 e. The first kappa shape index (κ1) is 10.9. The Morgan fingerprint density at radius 3 is 2.81 bits per heavy atom. The number of benzene rings is 1. The lowest BCUT2D eigenvalue weighted by atomic mass is 9.97. The van der Waals surface area contributed by atoms with Gasteiger partial charge in [-0.1, -0.05) is 18.2 Å². The molecule has 2 nitrogen and oxygen atoms in total. The van der Waals surface area contributed by atoms with Gasteiger partial charge in [0, 0.05) is 6.04 Å². The summed E-state index contributed by atoms with van der Waals surface area (Å²) in [6.07, 6.45) is 4.24. The minimum absolute atomic E-state index is 0.442. The lowest BCUT2D eigenvalue weighted by Gasteiger charge is -2.10. The molecule has 0 saturated carbocycles. The zero-order chi connectivity index (χ0) is 11.4. The highest BCUT2D eigenvalue weighted by Crippen LogP contribution is 2.29. The molecule has 0 bridgehead atoms. The molecule has 0 spiro atoms. The van der Waals surface area contributed by atoms with E-state index in [2.05, 4.69) is 18.0 Å². The molecular weight excluding hydrogens is 196 g/mol. The molecule has 2 atom stereocenters. The highest BCUT2D eigenvalue weighted by atomic mass is 14.9. The molecule has 2 rings (SSSR count). The molecule has 0 aromatic heterocycles. The van der Waals surface area contributed by atoms with Gasteiger partial charge < -0.3 is 5.32 Å². The maximum absolute atomic E-state index is 8.73. The molecule has 2 heteroatoms. The van der Waals surface area contributed by atoms with Crippen LogP contribution in [0.5, 0.6) is 0 Å². The van der Waals surface area contributed by atoms with Crippen molar-refractivity contribution in [3.05, 3.63) is 48.0 Å². The molecule has 0 aliphatic carbocycles. The monoisotopic (exact) mass is 212 g/mol. The van der Waals surface area contributed by atoms with Gasteiger partial charge in [-0.15, -0.1) is 6.58 Å². The van der Waals surface area contributed by atoms with Crippen molar-refractivity contribution in [1.82, 2.24) is 5.32 Å². The van der Waals surface area contributed by atoms with Gasteiger partial charge in [-0.25, -0.2) is 0 Å². The maximum Gasteiger partial charge on any atom is 0.0991 e. The van der Waals surface area contributed by atoms with Crippen molar-refractivity contribution < 1.29 is 0 Å². The highest BCUT2D eigenvalue weighted by molar-refractivity contribution is 5.33. The molecule has 1 saturated heterocycles. The quantitative estimate of drug-likeness (QED) is 0.782. The van der Waals surface area contributed by atoms with Gasteiger partial charge in [-0.3, -0.25) is 0 Å². The first-order valence-corrected chi connectivity index (χ1v) is 5.68. The van der Waals surface area contributed by atoms with Crippen molar-refractivity contribution >= 4 is 0 Å². The largest absolute Gasteiger partial charge is 0.310 e. The van der Waals surface area contributed by atoms with Crippen LogP contribution in [0.15, 0.2) is 36.9 Å². The normalized spacial score (nSPS) is 23.9. The third kappa shape index (κ3) is 2.32. The molecule has 16 heavy (non-hydrogen) atoms. The zero-order valence-corrected chi connectivity index (χ0v) is 9.32. The average Bonchev–Trinajstić information content (AvgIpc) is 2.78. The van der Waals surface area contributed by atoms with E-state index >= 15 is 0 Å². The molecule has 1 aromatic carbocycles. The molecule has 0 radical (unpaired) electrons. The number of hydrogen-bond donors (Lipinski definition) is 1. The summed E-state index contributed by atoms with van der Waals surface area (Å²) in [5.74, 6) is 0.707. The number of rotatable bonds is 3. The van der Waals surface area contributed by atoms with E-state index in [9.17, 15) is 0 Å². The van der Waals surface area contributed by atoms with Gasteiger partial charge >= 0.3 is 0 Å². The number of hydrogen-bond acceptors (Lipinski definition) is 2. The minimum atomic E-state index is 0.442. The Balaban J connectivity index is 2.03. The predicted molar refractivity (Wildman–Crippen MR) is 64.8 cm³/mol. The summed E-state index contributed by atoms with van der Waals surface area (Å²) in [6.45, 7) is 4.85. The maximum atomic E-state index is 8.73. The van der Waals surface area contributed by atoms with Crippen LogP contribution in [0.4, 0.5) is 0 Å². The summed E-state index contributed by atoms with van der Waals surface area (Å²) in [4.78, 5) is 0. The Kier molecular flexibility index (Phi) is 3.38. The third-order valence-corrected chi connectivity index (χ3v) is 3.16. The first-order valence-electron chi connectivity index (χ1n) is 5.68. The fraction of sp³-hybridized carbons (Fsp3) is 0.357. The van der Waals surface area contributed by atoms with Gasteiger partial charge in [-0.2, -0.15) is 5.26 Å². The molecule has 1 aliphatic heterocycles. The summed E-state index contributed by atoms with van der Waals surface area (Å²) in [5, 5.41) is 12.2. The zero-order valence-electron chi connectivity index (χ0n) is 9.32. The van der Waals surface area contributed by atoms with Crippen LogP contribution in [0, 0.1) is 17.2 Å². The van der Waals surface area contributed by atoms with Crippen LogP contribution in [0.2, 0.25) is 0 Å². The number of nitriles is 1. The van der Waals surface area contributed by atoms with Crippen LogP contribution in [0.25, 0.3) is 0 Å². The van der Waals surface area contributed by atoms with Crippen molar-refractivity contribution in [1.29, 1.82) is 5.26 Å². The van der Waals surface area contributed by atoms with E-state index in [-0.39, 0.29) is 0 Å². The Hall–Kier alpha value is -1.59. The van der Waals surface area contributed by atoms with E-state index in [0.29, 0.717) is 12.0 Å². The van der Waals surface area contributed by atoms with Crippen molar-refractivity contribution in [2.75, 3.05) is 6.54 Å². The Morgan fingerprint density at radius 2 is 2.19 bits per heavy atom. The van der Waals surface area contributed by atoms with E-state index in [0.717, 1.165) is 24.9 Å². The fourth-order valence-corrected chi connectivity index (χ4v) is 2.27. The summed E-state index contributed by atoms with van der Waals surface area (Å²) >= 11 is 0. The minimum Gasteiger partial charge on any atom is -0.310 e. The molecule has 1 fully saturated rings. The number of allylic oxidation sites excluding steroid dienone is 1. The molecule has 0 unspecified atom stereocenters. The van der Waals surface area contributed by atoms with Crippen LogP contribution in [0.1, 0.15) is 30.0 Å². The van der Waals surface area contributed by atoms with E-state index in [1.807, 2.05) is 30.3 Å². The summed E-state index contributed by atoms with van der Waals surface area (Å²) in [6, 6.07) is 10.5. The van der Waals surface area contributed by atoms with E-state index in [1.54, 1.807) is 0 Å². The van der Waals surface area contributed by atoms with Crippen molar-refractivity contribution in [2.24, 2.45) is 5.92 Å². The number of nitrogens with one attached hydrogen (secondary N) is 1. The lowest BCUT2D eigenvalue weighted by molar-refractivity contribution is 0.572. The topological polar surface area (TPSA) is 35.8 Å². The van der Waals surface area contributed by atoms with Gasteiger partial charge in [0.1, 0.15) is 0 Å². The second kappa shape index (κ2) is 4.96. The van der Waals surface area contributed by atoms with E-state index in [1.165, 1.54) is 5.56 Å². The molecule has 1 aromatic rings. The second-order valence-electron chi connectivity index (χ2n) is 4.32. The van der Waals surface area contributed by atoms with Gasteiger partial charge in [-0.05, 0) is 43.0 Å². The second-order valence-corrected chi connectivity index (χ2v) is 4.32. The lowest BCUT2D eigenvalue weighted by Crippen LogP contribution is -2.13. The summed E-state index contributed by atoms with van der Waals surface area (Å²) in [7, 11) is 0. The Labute approximate surface area is 96.6 Å². The Morgan fingerprint density at radius 1 is 1.44 bits per heavy atom. The van der Waals surface area contributed by atoms with Crippen molar-refractivity contribution in [2.45, 2.75) is 18.9 Å². The summed E-state index contributed by atoms with van der Waals surface area (Å²) < 4.78 is 0. The average molecular weight is 212 g/mol. The standard InChI is InChI=1S/C14H16N2/c1-2-3-12-8-14(16-10-12)13-6-4-11(9-15)5-7-13/h2,4-7,12,14,16H,1,3,8,10H2/t12-,14+/m0/s1. The van der Waals surface area contributed by atoms with E-state index < -0.39 is 0 Å². The van der Waals surface area contributed by atoms with Crippen molar-refractivity contribution in [3.63, 3.8) is 0 Å². The van der Waals surface area contributed by atoms with Crippen LogP contribution >= 0.6 is 0 Å². The molecule has 0 amide bonds. The highest BCUT2D eigenvalue weighted by Gasteiger charge is 2.23.